The molecule has 2 atom stereocenters. The second kappa shape index (κ2) is 12.6. The minimum absolute atomic E-state index is 0.0706. The van der Waals surface area contributed by atoms with Crippen LogP contribution in [0.25, 0.3) is 10.8 Å². The van der Waals surface area contributed by atoms with Crippen molar-refractivity contribution in [2.24, 2.45) is 0 Å². The SMILES string of the molecule is CN(Cc1ccccc1)C(=O)c1ccc2cc(C(=O)N3C[C@H](O)C[C@@H]3c3nc(CCCc4ccccc4)no3)ccc2c1. The molecule has 5 aromatic rings. The standard InChI is InChI=1S/C35H34N4O4/c1-38(22-25-11-6-3-7-12-25)34(41)28-17-15-27-20-29(18-16-26(27)19-28)35(42)39-23-30(40)21-31(39)33-36-32(37-43-33)14-8-13-24-9-4-2-5-10-24/h2-7,9-12,15-20,30-31,40H,8,13-14,21-23H2,1H3/t30-,31-/m1/s1. The van der Waals surface area contributed by atoms with Crippen molar-refractivity contribution in [1.82, 2.24) is 19.9 Å². The fourth-order valence-electron chi connectivity index (χ4n) is 5.70. The van der Waals surface area contributed by atoms with E-state index in [2.05, 4.69) is 22.3 Å². The summed E-state index contributed by atoms with van der Waals surface area (Å²) in [4.78, 5) is 34.6. The number of aromatic nitrogens is 2. The number of aryl methyl sites for hydroxylation is 2. The Labute approximate surface area is 250 Å². The predicted molar refractivity (Wildman–Crippen MR) is 163 cm³/mol. The summed E-state index contributed by atoms with van der Waals surface area (Å²) in [6.45, 7) is 0.706. The first kappa shape index (κ1) is 28.3. The fraction of sp³-hybridized carbons (Fsp3) is 0.257. The van der Waals surface area contributed by atoms with Crippen molar-refractivity contribution in [1.29, 1.82) is 0 Å². The molecule has 6 rings (SSSR count). The number of amides is 2. The minimum Gasteiger partial charge on any atom is -0.391 e. The zero-order valence-corrected chi connectivity index (χ0v) is 24.1. The summed E-state index contributed by atoms with van der Waals surface area (Å²) in [6.07, 6.45) is 2.13. The molecule has 0 radical (unpaired) electrons. The molecule has 2 heterocycles. The molecule has 43 heavy (non-hydrogen) atoms. The number of carbonyl (C=O) groups is 2. The molecule has 0 spiro atoms. The normalized spacial score (nSPS) is 16.5. The van der Waals surface area contributed by atoms with Gasteiger partial charge < -0.3 is 19.4 Å². The quantitative estimate of drug-likeness (QED) is 0.245. The Kier molecular flexibility index (Phi) is 8.29. The molecule has 0 bridgehead atoms. The van der Waals surface area contributed by atoms with E-state index in [4.69, 9.17) is 4.52 Å². The summed E-state index contributed by atoms with van der Waals surface area (Å²) >= 11 is 0. The highest BCUT2D eigenvalue weighted by Crippen LogP contribution is 2.33. The van der Waals surface area contributed by atoms with Gasteiger partial charge >= 0.3 is 0 Å². The monoisotopic (exact) mass is 574 g/mol. The molecule has 1 fully saturated rings. The fourth-order valence-corrected chi connectivity index (χ4v) is 5.70. The van der Waals surface area contributed by atoms with E-state index < -0.39 is 12.1 Å². The van der Waals surface area contributed by atoms with Crippen molar-refractivity contribution in [2.45, 2.75) is 44.4 Å². The van der Waals surface area contributed by atoms with Crippen molar-refractivity contribution >= 4 is 22.6 Å². The van der Waals surface area contributed by atoms with Gasteiger partial charge in [0.05, 0.1) is 6.10 Å². The van der Waals surface area contributed by atoms with Gasteiger partial charge in [0.25, 0.3) is 11.8 Å². The van der Waals surface area contributed by atoms with E-state index in [-0.39, 0.29) is 18.4 Å². The van der Waals surface area contributed by atoms with Crippen molar-refractivity contribution in [3.05, 3.63) is 131 Å². The molecular formula is C35H34N4O4. The summed E-state index contributed by atoms with van der Waals surface area (Å²) in [5.41, 5.74) is 3.40. The predicted octanol–water partition coefficient (Wildman–Crippen LogP) is 5.62. The lowest BCUT2D eigenvalue weighted by Gasteiger charge is -2.22. The number of hydrogen-bond acceptors (Lipinski definition) is 6. The smallest absolute Gasteiger partial charge is 0.254 e. The minimum atomic E-state index is -0.677. The Morgan fingerprint density at radius 1 is 0.884 bits per heavy atom. The molecule has 2 amide bonds. The summed E-state index contributed by atoms with van der Waals surface area (Å²) in [5.74, 6) is 0.669. The Morgan fingerprint density at radius 3 is 2.26 bits per heavy atom. The third-order valence-corrected chi connectivity index (χ3v) is 7.96. The van der Waals surface area contributed by atoms with Crippen LogP contribution in [0.4, 0.5) is 0 Å². The van der Waals surface area contributed by atoms with Gasteiger partial charge in [-0.1, -0.05) is 78.0 Å². The van der Waals surface area contributed by atoms with Crippen LogP contribution < -0.4 is 0 Å². The Morgan fingerprint density at radius 2 is 1.53 bits per heavy atom. The van der Waals surface area contributed by atoms with Gasteiger partial charge in [-0.3, -0.25) is 9.59 Å². The average Bonchev–Trinajstić information content (AvgIpc) is 3.67. The Balaban J connectivity index is 1.13. The summed E-state index contributed by atoms with van der Waals surface area (Å²) < 4.78 is 5.58. The number of fused-ring (bicyclic) bond motifs is 1. The molecule has 0 unspecified atom stereocenters. The van der Waals surface area contributed by atoms with E-state index >= 15 is 0 Å². The third-order valence-electron chi connectivity index (χ3n) is 7.96. The summed E-state index contributed by atoms with van der Waals surface area (Å²) in [5, 5.41) is 16.3. The molecule has 1 saturated heterocycles. The van der Waals surface area contributed by atoms with Gasteiger partial charge in [-0.15, -0.1) is 0 Å². The molecule has 1 aromatic heterocycles. The zero-order valence-electron chi connectivity index (χ0n) is 24.1. The first-order valence-corrected chi connectivity index (χ1v) is 14.6. The van der Waals surface area contributed by atoms with Gasteiger partial charge in [0.2, 0.25) is 5.89 Å². The second-order valence-electron chi connectivity index (χ2n) is 11.2. The van der Waals surface area contributed by atoms with Crippen LogP contribution in [0.5, 0.6) is 0 Å². The summed E-state index contributed by atoms with van der Waals surface area (Å²) in [7, 11) is 1.79. The van der Waals surface area contributed by atoms with Gasteiger partial charge in [0, 0.05) is 44.1 Å². The Hall–Kier alpha value is -4.82. The highest BCUT2D eigenvalue weighted by Gasteiger charge is 2.39. The van der Waals surface area contributed by atoms with Crippen LogP contribution >= 0.6 is 0 Å². The lowest BCUT2D eigenvalue weighted by molar-refractivity contribution is 0.0693. The van der Waals surface area contributed by atoms with Crippen molar-refractivity contribution in [3.63, 3.8) is 0 Å². The van der Waals surface area contributed by atoms with E-state index in [9.17, 15) is 14.7 Å². The molecule has 1 aliphatic rings. The first-order chi connectivity index (χ1) is 20.9. The Bertz CT molecular complexity index is 1720. The highest BCUT2D eigenvalue weighted by molar-refractivity contribution is 6.02. The van der Waals surface area contributed by atoms with E-state index in [1.165, 1.54) is 5.56 Å². The van der Waals surface area contributed by atoms with Crippen LogP contribution in [0.1, 0.15) is 62.4 Å². The number of β-amino-alcohol motifs (C(OH)–C–C–N with tert-alkyl or cyclic N) is 1. The van der Waals surface area contributed by atoms with Crippen LogP contribution in [0.2, 0.25) is 0 Å². The van der Waals surface area contributed by atoms with E-state index in [0.717, 1.165) is 29.2 Å². The maximum atomic E-state index is 13.7. The average molecular weight is 575 g/mol. The number of benzene rings is 4. The molecule has 4 aromatic carbocycles. The molecular weight excluding hydrogens is 540 g/mol. The van der Waals surface area contributed by atoms with Crippen molar-refractivity contribution in [3.8, 4) is 0 Å². The maximum absolute atomic E-state index is 13.7. The van der Waals surface area contributed by atoms with Crippen molar-refractivity contribution in [2.75, 3.05) is 13.6 Å². The highest BCUT2D eigenvalue weighted by atomic mass is 16.5. The lowest BCUT2D eigenvalue weighted by Crippen LogP contribution is -2.32. The third kappa shape index (κ3) is 6.49. The number of carbonyl (C=O) groups excluding carboxylic acids is 2. The lowest BCUT2D eigenvalue weighted by atomic mass is 10.0. The van der Waals surface area contributed by atoms with Crippen LogP contribution in [0.3, 0.4) is 0 Å². The largest absolute Gasteiger partial charge is 0.391 e. The number of hydrogen-bond donors (Lipinski definition) is 1. The second-order valence-corrected chi connectivity index (χ2v) is 11.2. The number of aliphatic hydroxyl groups is 1. The summed E-state index contributed by atoms with van der Waals surface area (Å²) in [6, 6.07) is 30.6. The molecule has 1 aliphatic heterocycles. The van der Waals surface area contributed by atoms with Gasteiger partial charge in [-0.05, 0) is 59.0 Å². The molecule has 0 aliphatic carbocycles. The molecule has 8 nitrogen and oxygen atoms in total. The van der Waals surface area contributed by atoms with E-state index in [1.54, 1.807) is 29.0 Å². The number of likely N-dealkylation sites (tertiary alicyclic amines) is 1. The van der Waals surface area contributed by atoms with Crippen LogP contribution in [-0.2, 0) is 19.4 Å². The first-order valence-electron chi connectivity index (χ1n) is 14.6. The van der Waals surface area contributed by atoms with Gasteiger partial charge in [-0.2, -0.15) is 4.98 Å². The van der Waals surface area contributed by atoms with E-state index in [0.29, 0.717) is 42.2 Å². The van der Waals surface area contributed by atoms with Crippen LogP contribution in [0, 0.1) is 0 Å². The van der Waals surface area contributed by atoms with Gasteiger partial charge in [-0.25, -0.2) is 0 Å². The molecule has 218 valence electrons. The zero-order chi connectivity index (χ0) is 29.8. The topological polar surface area (TPSA) is 99.8 Å². The maximum Gasteiger partial charge on any atom is 0.254 e. The molecule has 1 N–H and O–H groups in total. The molecule has 8 heteroatoms. The van der Waals surface area contributed by atoms with Crippen LogP contribution in [0.15, 0.2) is 102 Å². The van der Waals surface area contributed by atoms with Crippen molar-refractivity contribution < 1.29 is 19.2 Å². The number of rotatable bonds is 9. The van der Waals surface area contributed by atoms with Gasteiger partial charge in [0.15, 0.2) is 5.82 Å². The van der Waals surface area contributed by atoms with Gasteiger partial charge in [0.1, 0.15) is 6.04 Å². The number of nitrogens with zero attached hydrogens (tertiary/aromatic N) is 4. The van der Waals surface area contributed by atoms with Crippen LogP contribution in [-0.4, -0.2) is 56.6 Å². The molecule has 0 saturated carbocycles. The number of aliphatic hydroxyl groups excluding tert-OH is 1. The van der Waals surface area contributed by atoms with E-state index in [1.807, 2.05) is 72.8 Å².